The number of piperazine rings is 1. The van der Waals surface area contributed by atoms with Crippen molar-refractivity contribution in [1.82, 2.24) is 9.80 Å². The molecular formula is C17H22N2O2. The largest absolute Gasteiger partial charge is 0.329 e. The van der Waals surface area contributed by atoms with E-state index in [4.69, 9.17) is 0 Å². The lowest BCUT2D eigenvalue weighted by Gasteiger charge is -2.42. The molecule has 4 heteroatoms. The van der Waals surface area contributed by atoms with Gasteiger partial charge in [-0.3, -0.25) is 9.59 Å². The van der Waals surface area contributed by atoms with Crippen molar-refractivity contribution in [2.75, 3.05) is 6.54 Å². The molecule has 2 heterocycles. The van der Waals surface area contributed by atoms with Crippen LogP contribution in [0.4, 0.5) is 0 Å². The van der Waals surface area contributed by atoms with Crippen molar-refractivity contribution in [3.05, 3.63) is 35.4 Å². The molecule has 0 N–H and O–H groups in total. The summed E-state index contributed by atoms with van der Waals surface area (Å²) in [5.41, 5.74) is 2.28. The van der Waals surface area contributed by atoms with Crippen LogP contribution < -0.4 is 0 Å². The van der Waals surface area contributed by atoms with Gasteiger partial charge in [-0.25, -0.2) is 0 Å². The van der Waals surface area contributed by atoms with Crippen LogP contribution in [-0.4, -0.2) is 40.2 Å². The summed E-state index contributed by atoms with van der Waals surface area (Å²) in [6, 6.07) is 7.65. The van der Waals surface area contributed by atoms with E-state index in [1.54, 1.807) is 9.80 Å². The predicted molar refractivity (Wildman–Crippen MR) is 80.5 cm³/mol. The predicted octanol–water partition coefficient (Wildman–Crippen LogP) is 2.11. The summed E-state index contributed by atoms with van der Waals surface area (Å²) in [5, 5.41) is 0. The first-order chi connectivity index (χ1) is 10.1. The molecule has 2 aliphatic heterocycles. The van der Waals surface area contributed by atoms with Crippen LogP contribution in [0, 0.1) is 6.92 Å². The summed E-state index contributed by atoms with van der Waals surface area (Å²) in [4.78, 5) is 28.9. The van der Waals surface area contributed by atoms with Gasteiger partial charge in [0.15, 0.2) is 0 Å². The van der Waals surface area contributed by atoms with Gasteiger partial charge in [0.05, 0.1) is 0 Å². The lowest BCUT2D eigenvalue weighted by Crippen LogP contribution is -2.62. The average molecular weight is 286 g/mol. The molecule has 2 atom stereocenters. The molecule has 2 aliphatic rings. The second-order valence-corrected chi connectivity index (χ2v) is 6.07. The zero-order valence-electron chi connectivity index (χ0n) is 12.7. The molecule has 112 valence electrons. The van der Waals surface area contributed by atoms with E-state index in [2.05, 4.69) is 6.07 Å². The quantitative estimate of drug-likeness (QED) is 0.854. The van der Waals surface area contributed by atoms with Crippen LogP contribution >= 0.6 is 0 Å². The lowest BCUT2D eigenvalue weighted by molar-refractivity contribution is -0.160. The van der Waals surface area contributed by atoms with Crippen molar-refractivity contribution < 1.29 is 9.59 Å². The highest BCUT2D eigenvalue weighted by atomic mass is 16.2. The van der Waals surface area contributed by atoms with E-state index < -0.39 is 0 Å². The average Bonchev–Trinajstić information content (AvgIpc) is 2.95. The van der Waals surface area contributed by atoms with Crippen molar-refractivity contribution in [3.8, 4) is 0 Å². The molecule has 2 amide bonds. The Labute approximate surface area is 125 Å². The topological polar surface area (TPSA) is 40.6 Å². The maximum atomic E-state index is 12.7. The Morgan fingerprint density at radius 1 is 1.24 bits per heavy atom. The monoisotopic (exact) mass is 286 g/mol. The fraction of sp³-hybridized carbons (Fsp3) is 0.529. The third-order valence-electron chi connectivity index (χ3n) is 4.59. The van der Waals surface area contributed by atoms with Crippen LogP contribution in [0.1, 0.15) is 37.3 Å². The Morgan fingerprint density at radius 3 is 2.76 bits per heavy atom. The number of nitrogens with zero attached hydrogens (tertiary/aromatic N) is 2. The number of hydrogen-bond acceptors (Lipinski definition) is 2. The molecule has 3 rings (SSSR count). The lowest BCUT2D eigenvalue weighted by atomic mass is 10.0. The molecule has 2 unspecified atom stereocenters. The minimum absolute atomic E-state index is 0.125. The first-order valence-corrected chi connectivity index (χ1v) is 7.78. The van der Waals surface area contributed by atoms with Gasteiger partial charge in [-0.1, -0.05) is 36.8 Å². The maximum absolute atomic E-state index is 12.7. The van der Waals surface area contributed by atoms with Gasteiger partial charge in [-0.2, -0.15) is 0 Å². The second kappa shape index (κ2) is 5.51. The van der Waals surface area contributed by atoms with Gasteiger partial charge in [-0.05, 0) is 31.7 Å². The minimum Gasteiger partial charge on any atom is -0.329 e. The van der Waals surface area contributed by atoms with Gasteiger partial charge < -0.3 is 9.80 Å². The molecule has 0 bridgehead atoms. The zero-order chi connectivity index (χ0) is 15.0. The van der Waals surface area contributed by atoms with Crippen molar-refractivity contribution in [1.29, 1.82) is 0 Å². The highest BCUT2D eigenvalue weighted by molar-refractivity contribution is 5.97. The molecule has 21 heavy (non-hydrogen) atoms. The van der Waals surface area contributed by atoms with Gasteiger partial charge in [0.25, 0.3) is 0 Å². The van der Waals surface area contributed by atoms with Gasteiger partial charge in [-0.15, -0.1) is 0 Å². The Balaban J connectivity index is 1.87. The summed E-state index contributed by atoms with van der Waals surface area (Å²) in [7, 11) is 0. The van der Waals surface area contributed by atoms with Crippen LogP contribution in [0.5, 0.6) is 0 Å². The molecule has 2 fully saturated rings. The molecular weight excluding hydrogens is 264 g/mol. The number of hydrogen-bond donors (Lipinski definition) is 0. The summed E-state index contributed by atoms with van der Waals surface area (Å²) < 4.78 is 0. The van der Waals surface area contributed by atoms with Crippen LogP contribution in [0.25, 0.3) is 0 Å². The molecule has 4 nitrogen and oxygen atoms in total. The SMILES string of the molecule is CCC1C(=O)N2CCCC2C(=O)N1Cc1cccc(C)c1. The Bertz CT molecular complexity index is 570. The van der Waals surface area contributed by atoms with Gasteiger partial charge in [0.2, 0.25) is 11.8 Å². The van der Waals surface area contributed by atoms with E-state index in [9.17, 15) is 9.59 Å². The number of aryl methyl sites for hydroxylation is 1. The Kier molecular flexibility index (Phi) is 3.70. The van der Waals surface area contributed by atoms with Crippen LogP contribution in [-0.2, 0) is 16.1 Å². The third-order valence-corrected chi connectivity index (χ3v) is 4.59. The summed E-state index contributed by atoms with van der Waals surface area (Å²) >= 11 is 0. The van der Waals surface area contributed by atoms with Gasteiger partial charge >= 0.3 is 0 Å². The van der Waals surface area contributed by atoms with Crippen LogP contribution in [0.3, 0.4) is 0 Å². The fourth-order valence-electron chi connectivity index (χ4n) is 3.55. The van der Waals surface area contributed by atoms with Crippen molar-refractivity contribution in [3.63, 3.8) is 0 Å². The highest BCUT2D eigenvalue weighted by Gasteiger charge is 2.46. The summed E-state index contributed by atoms with van der Waals surface area (Å²) in [5.74, 6) is 0.257. The summed E-state index contributed by atoms with van der Waals surface area (Å²) in [6.07, 6.45) is 2.43. The van der Waals surface area contributed by atoms with E-state index in [1.807, 2.05) is 32.0 Å². The minimum atomic E-state index is -0.299. The number of rotatable bonds is 3. The smallest absolute Gasteiger partial charge is 0.246 e. The van der Waals surface area contributed by atoms with E-state index in [0.717, 1.165) is 24.9 Å². The van der Waals surface area contributed by atoms with Crippen LogP contribution in [0.2, 0.25) is 0 Å². The molecule has 1 aromatic rings. The number of carbonyl (C=O) groups excluding carboxylic acids is 2. The zero-order valence-corrected chi connectivity index (χ0v) is 12.7. The van der Waals surface area contributed by atoms with Gasteiger partial charge in [0, 0.05) is 13.1 Å². The van der Waals surface area contributed by atoms with Crippen molar-refractivity contribution in [2.45, 2.75) is 51.7 Å². The molecule has 1 aromatic carbocycles. The highest BCUT2D eigenvalue weighted by Crippen LogP contribution is 2.29. The Hall–Kier alpha value is -1.84. The van der Waals surface area contributed by atoms with Gasteiger partial charge in [0.1, 0.15) is 12.1 Å². The first kappa shape index (κ1) is 14.1. The molecule has 2 saturated heterocycles. The normalized spacial score (nSPS) is 25.4. The Morgan fingerprint density at radius 2 is 2.05 bits per heavy atom. The van der Waals surface area contributed by atoms with E-state index in [-0.39, 0.29) is 23.9 Å². The third kappa shape index (κ3) is 2.43. The molecule has 0 spiro atoms. The van der Waals surface area contributed by atoms with E-state index in [0.29, 0.717) is 13.0 Å². The summed E-state index contributed by atoms with van der Waals surface area (Å²) in [6.45, 7) is 5.30. The van der Waals surface area contributed by atoms with Crippen molar-refractivity contribution >= 4 is 11.8 Å². The molecule has 0 aromatic heterocycles. The van der Waals surface area contributed by atoms with Crippen LogP contribution in [0.15, 0.2) is 24.3 Å². The number of carbonyl (C=O) groups is 2. The number of amides is 2. The van der Waals surface area contributed by atoms with E-state index >= 15 is 0 Å². The number of fused-ring (bicyclic) bond motifs is 1. The number of benzene rings is 1. The molecule has 0 aliphatic carbocycles. The van der Waals surface area contributed by atoms with Crippen molar-refractivity contribution in [2.24, 2.45) is 0 Å². The maximum Gasteiger partial charge on any atom is 0.246 e. The molecule has 0 radical (unpaired) electrons. The molecule has 0 saturated carbocycles. The second-order valence-electron chi connectivity index (χ2n) is 6.07. The standard InChI is InChI=1S/C17H22N2O2/c1-3-14-16(20)18-9-5-8-15(18)17(21)19(14)11-13-7-4-6-12(2)10-13/h4,6-7,10,14-15H,3,5,8-9,11H2,1-2H3. The fourth-order valence-corrected chi connectivity index (χ4v) is 3.55. The van der Waals surface area contributed by atoms with E-state index in [1.165, 1.54) is 5.56 Å². The first-order valence-electron chi connectivity index (χ1n) is 7.78.